The third kappa shape index (κ3) is 5.24. The minimum Gasteiger partial charge on any atom is -0.350 e. The second-order valence-electron chi connectivity index (χ2n) is 7.20. The van der Waals surface area contributed by atoms with Crippen LogP contribution >= 0.6 is 0 Å². The van der Waals surface area contributed by atoms with Crippen molar-refractivity contribution in [3.8, 4) is 0 Å². The molecule has 0 unspecified atom stereocenters. The molecule has 7 heteroatoms. The van der Waals surface area contributed by atoms with Crippen LogP contribution in [0.15, 0.2) is 84.0 Å². The van der Waals surface area contributed by atoms with Gasteiger partial charge in [-0.2, -0.15) is 0 Å². The van der Waals surface area contributed by atoms with Crippen molar-refractivity contribution in [3.05, 3.63) is 90.3 Å². The van der Waals surface area contributed by atoms with Gasteiger partial charge in [0, 0.05) is 18.9 Å². The lowest BCUT2D eigenvalue weighted by Gasteiger charge is -2.24. The number of hydrogen-bond donors (Lipinski definition) is 1. The fourth-order valence-corrected chi connectivity index (χ4v) is 4.39. The number of nitrogens with one attached hydrogen (secondary N) is 1. The molecule has 1 amide bonds. The molecule has 1 heterocycles. The number of anilines is 1. The predicted octanol–water partition coefficient (Wildman–Crippen LogP) is 3.72. The summed E-state index contributed by atoms with van der Waals surface area (Å²) in [5.41, 5.74) is 2.43. The minimum atomic E-state index is -3.90. The lowest BCUT2D eigenvalue weighted by atomic mass is 10.0. The molecule has 0 saturated carbocycles. The van der Waals surface area contributed by atoms with Gasteiger partial charge in [-0.15, -0.1) is 0 Å². The summed E-state index contributed by atoms with van der Waals surface area (Å²) < 4.78 is 27.7. The van der Waals surface area contributed by atoms with E-state index in [1.165, 1.54) is 12.1 Å². The molecule has 30 heavy (non-hydrogen) atoms. The Bertz CT molecular complexity index is 1070. The summed E-state index contributed by atoms with van der Waals surface area (Å²) in [4.78, 5) is 16.7. The molecule has 1 aromatic heterocycles. The summed E-state index contributed by atoms with van der Waals surface area (Å²) in [6, 6.07) is 19.0. The molecule has 0 radical (unpaired) electrons. The molecule has 0 aliphatic carbocycles. The fourth-order valence-electron chi connectivity index (χ4n) is 2.95. The number of hydrogen-bond acceptors (Lipinski definition) is 4. The highest BCUT2D eigenvalue weighted by atomic mass is 32.2. The molecule has 3 rings (SSSR count). The second kappa shape index (κ2) is 9.54. The molecule has 156 valence electrons. The highest BCUT2D eigenvalue weighted by molar-refractivity contribution is 7.92. The van der Waals surface area contributed by atoms with Crippen LogP contribution in [0.4, 0.5) is 5.69 Å². The van der Waals surface area contributed by atoms with Gasteiger partial charge in [-0.25, -0.2) is 8.42 Å². The molecule has 0 fully saturated rings. The predicted molar refractivity (Wildman–Crippen MR) is 118 cm³/mol. The number of carbonyl (C=O) groups excluding carboxylic acids is 1. The van der Waals surface area contributed by atoms with Crippen molar-refractivity contribution in [2.24, 2.45) is 0 Å². The first-order valence-electron chi connectivity index (χ1n) is 9.71. The van der Waals surface area contributed by atoms with Gasteiger partial charge in [0.25, 0.3) is 10.0 Å². The van der Waals surface area contributed by atoms with Crippen molar-refractivity contribution in [2.75, 3.05) is 10.8 Å². The van der Waals surface area contributed by atoms with Gasteiger partial charge >= 0.3 is 0 Å². The summed E-state index contributed by atoms with van der Waals surface area (Å²) in [6.07, 6.45) is 3.29. The summed E-state index contributed by atoms with van der Waals surface area (Å²) in [5.74, 6) is -0.0684. The summed E-state index contributed by atoms with van der Waals surface area (Å²) in [7, 11) is -3.90. The number of benzene rings is 2. The lowest BCUT2D eigenvalue weighted by molar-refractivity contribution is -0.119. The summed E-state index contributed by atoms with van der Waals surface area (Å²) in [6.45, 7) is 4.12. The van der Waals surface area contributed by atoms with Gasteiger partial charge in [-0.3, -0.25) is 14.1 Å². The number of carbonyl (C=O) groups is 1. The van der Waals surface area contributed by atoms with Crippen LogP contribution in [0.3, 0.4) is 0 Å². The van der Waals surface area contributed by atoms with Crippen molar-refractivity contribution >= 4 is 21.6 Å². The maximum atomic E-state index is 13.3. The molecule has 0 aliphatic rings. The molecule has 0 bridgehead atoms. The zero-order valence-electron chi connectivity index (χ0n) is 17.0. The van der Waals surface area contributed by atoms with E-state index in [2.05, 4.69) is 24.1 Å². The first-order valence-corrected chi connectivity index (χ1v) is 11.2. The van der Waals surface area contributed by atoms with Crippen molar-refractivity contribution < 1.29 is 13.2 Å². The van der Waals surface area contributed by atoms with E-state index in [1.807, 2.05) is 12.1 Å². The van der Waals surface area contributed by atoms with Crippen molar-refractivity contribution in [2.45, 2.75) is 31.2 Å². The number of aromatic nitrogens is 1. The Labute approximate surface area is 177 Å². The number of sulfonamides is 1. The molecule has 1 N–H and O–H groups in total. The number of rotatable bonds is 8. The van der Waals surface area contributed by atoms with Gasteiger partial charge in [0.1, 0.15) is 6.54 Å². The van der Waals surface area contributed by atoms with E-state index in [9.17, 15) is 13.2 Å². The van der Waals surface area contributed by atoms with E-state index in [0.29, 0.717) is 18.2 Å². The van der Waals surface area contributed by atoms with Gasteiger partial charge in [-0.1, -0.05) is 44.2 Å². The largest absolute Gasteiger partial charge is 0.350 e. The average molecular weight is 424 g/mol. The van der Waals surface area contributed by atoms with Crippen LogP contribution in [0, 0.1) is 0 Å². The highest BCUT2D eigenvalue weighted by Crippen LogP contribution is 2.25. The quantitative estimate of drug-likeness (QED) is 0.599. The topological polar surface area (TPSA) is 79.4 Å². The maximum Gasteiger partial charge on any atom is 0.264 e. The lowest BCUT2D eigenvalue weighted by Crippen LogP contribution is -2.40. The SMILES string of the molecule is CC(C)c1ccc(N(CC(=O)NCc2ccncc2)S(=O)(=O)c2ccccc2)cc1. The molecule has 0 atom stereocenters. The Balaban J connectivity index is 1.86. The molecule has 6 nitrogen and oxygen atoms in total. The molecule has 0 saturated heterocycles. The summed E-state index contributed by atoms with van der Waals surface area (Å²) in [5, 5.41) is 2.78. The van der Waals surface area contributed by atoms with Crippen molar-refractivity contribution in [1.29, 1.82) is 0 Å². The zero-order valence-corrected chi connectivity index (χ0v) is 17.8. The Morgan fingerprint density at radius 3 is 2.20 bits per heavy atom. The molecular formula is C23H25N3O3S. The van der Waals surface area contributed by atoms with E-state index in [-0.39, 0.29) is 17.3 Å². The van der Waals surface area contributed by atoms with Crippen LogP contribution in [-0.2, 0) is 21.4 Å². The van der Waals surface area contributed by atoms with E-state index in [4.69, 9.17) is 0 Å². The van der Waals surface area contributed by atoms with E-state index in [1.54, 1.807) is 54.9 Å². The fraction of sp³-hybridized carbons (Fsp3) is 0.217. The monoisotopic (exact) mass is 423 g/mol. The van der Waals surface area contributed by atoms with Crippen LogP contribution in [0.2, 0.25) is 0 Å². The normalized spacial score (nSPS) is 11.3. The van der Waals surface area contributed by atoms with Crippen LogP contribution in [0.5, 0.6) is 0 Å². The minimum absolute atomic E-state index is 0.139. The van der Waals surface area contributed by atoms with Crippen LogP contribution in [0.1, 0.15) is 30.9 Å². The van der Waals surface area contributed by atoms with Crippen LogP contribution in [0.25, 0.3) is 0 Å². The van der Waals surface area contributed by atoms with Gasteiger partial charge in [-0.05, 0) is 53.4 Å². The third-order valence-corrected chi connectivity index (χ3v) is 6.49. The average Bonchev–Trinajstić information content (AvgIpc) is 2.77. The van der Waals surface area contributed by atoms with Gasteiger partial charge in [0.05, 0.1) is 10.6 Å². The van der Waals surface area contributed by atoms with E-state index < -0.39 is 10.0 Å². The molecule has 2 aromatic carbocycles. The maximum absolute atomic E-state index is 13.3. The summed E-state index contributed by atoms with van der Waals surface area (Å²) >= 11 is 0. The van der Waals surface area contributed by atoms with Gasteiger partial charge in [0.2, 0.25) is 5.91 Å². The Hall–Kier alpha value is -3.19. The first-order chi connectivity index (χ1) is 14.4. The van der Waals surface area contributed by atoms with Gasteiger partial charge < -0.3 is 5.32 Å². The number of amides is 1. The molecule has 3 aromatic rings. The first kappa shape index (κ1) is 21.5. The molecule has 0 aliphatic heterocycles. The smallest absolute Gasteiger partial charge is 0.264 e. The van der Waals surface area contributed by atoms with Crippen molar-refractivity contribution in [1.82, 2.24) is 10.3 Å². The Kier molecular flexibility index (Phi) is 6.84. The van der Waals surface area contributed by atoms with Gasteiger partial charge in [0.15, 0.2) is 0 Å². The third-order valence-electron chi connectivity index (χ3n) is 4.71. The van der Waals surface area contributed by atoms with Crippen molar-refractivity contribution in [3.63, 3.8) is 0 Å². The zero-order chi connectivity index (χ0) is 21.6. The molecular weight excluding hydrogens is 398 g/mol. The standard InChI is InChI=1S/C23H25N3O3S/c1-18(2)20-8-10-21(11-9-20)26(30(28,29)22-6-4-3-5-7-22)17-23(27)25-16-19-12-14-24-15-13-19/h3-15,18H,16-17H2,1-2H3,(H,25,27). The van der Waals surface area contributed by atoms with Crippen LogP contribution < -0.4 is 9.62 Å². The Morgan fingerprint density at radius 2 is 1.60 bits per heavy atom. The highest BCUT2D eigenvalue weighted by Gasteiger charge is 2.27. The van der Waals surface area contributed by atoms with E-state index in [0.717, 1.165) is 15.4 Å². The van der Waals surface area contributed by atoms with Crippen LogP contribution in [-0.4, -0.2) is 25.9 Å². The van der Waals surface area contributed by atoms with E-state index >= 15 is 0 Å². The molecule has 0 spiro atoms. The second-order valence-corrected chi connectivity index (χ2v) is 9.07. The number of nitrogens with zero attached hydrogens (tertiary/aromatic N) is 2. The Morgan fingerprint density at radius 1 is 0.967 bits per heavy atom. The number of pyridine rings is 1.